The number of nitrogens with zero attached hydrogens (tertiary/aromatic N) is 2. The Labute approximate surface area is 179 Å². The van der Waals surface area contributed by atoms with Crippen LogP contribution in [0, 0.1) is 6.92 Å². The number of anilines is 2. The Hall–Kier alpha value is -2.86. The van der Waals surface area contributed by atoms with Crippen LogP contribution in [-0.4, -0.2) is 55.5 Å². The first-order chi connectivity index (χ1) is 14.5. The van der Waals surface area contributed by atoms with E-state index < -0.39 is 0 Å². The molecule has 1 aliphatic rings. The van der Waals surface area contributed by atoms with E-state index in [9.17, 15) is 9.59 Å². The van der Waals surface area contributed by atoms with Gasteiger partial charge in [0.15, 0.2) is 0 Å². The summed E-state index contributed by atoms with van der Waals surface area (Å²) in [5, 5.41) is 5.86. The highest BCUT2D eigenvalue weighted by atomic mass is 16.2. The number of amides is 2. The summed E-state index contributed by atoms with van der Waals surface area (Å²) in [5.41, 5.74) is 3.65. The quantitative estimate of drug-likeness (QED) is 0.738. The number of aryl methyl sites for hydroxylation is 1. The maximum atomic E-state index is 12.5. The maximum absolute atomic E-state index is 12.5. The molecule has 0 aliphatic carbocycles. The Morgan fingerprint density at radius 2 is 1.73 bits per heavy atom. The molecule has 30 heavy (non-hydrogen) atoms. The summed E-state index contributed by atoms with van der Waals surface area (Å²) >= 11 is 0. The molecule has 2 N–H and O–H groups in total. The molecular weight excluding hydrogens is 376 g/mol. The Morgan fingerprint density at radius 1 is 1.03 bits per heavy atom. The van der Waals surface area contributed by atoms with Crippen molar-refractivity contribution in [1.82, 2.24) is 10.2 Å². The van der Waals surface area contributed by atoms with E-state index in [1.165, 1.54) is 5.69 Å². The molecule has 1 fully saturated rings. The van der Waals surface area contributed by atoms with Crippen molar-refractivity contribution in [3.63, 3.8) is 0 Å². The van der Waals surface area contributed by atoms with Crippen molar-refractivity contribution in [3.05, 3.63) is 59.7 Å². The van der Waals surface area contributed by atoms with E-state index in [1.54, 1.807) is 12.1 Å². The van der Waals surface area contributed by atoms with Crippen LogP contribution in [0.15, 0.2) is 48.5 Å². The lowest BCUT2D eigenvalue weighted by Gasteiger charge is -2.35. The van der Waals surface area contributed by atoms with Gasteiger partial charge in [0, 0.05) is 55.6 Å². The number of rotatable bonds is 7. The average Bonchev–Trinajstić information content (AvgIpc) is 2.75. The van der Waals surface area contributed by atoms with E-state index >= 15 is 0 Å². The summed E-state index contributed by atoms with van der Waals surface area (Å²) in [6.07, 6.45) is 0.221. The molecule has 0 spiro atoms. The van der Waals surface area contributed by atoms with E-state index in [0.717, 1.165) is 44.0 Å². The largest absolute Gasteiger partial charge is 0.369 e. The predicted molar refractivity (Wildman–Crippen MR) is 122 cm³/mol. The summed E-state index contributed by atoms with van der Waals surface area (Å²) in [4.78, 5) is 29.5. The summed E-state index contributed by atoms with van der Waals surface area (Å²) in [7, 11) is 0. The number of hydrogen-bond donors (Lipinski definition) is 2. The van der Waals surface area contributed by atoms with E-state index in [1.807, 2.05) is 38.1 Å². The molecule has 0 aromatic heterocycles. The summed E-state index contributed by atoms with van der Waals surface area (Å²) in [6, 6.07) is 15.0. The van der Waals surface area contributed by atoms with Crippen LogP contribution in [0.1, 0.15) is 36.2 Å². The first-order valence-electron chi connectivity index (χ1n) is 10.7. The van der Waals surface area contributed by atoms with Crippen molar-refractivity contribution in [2.24, 2.45) is 0 Å². The molecule has 1 atom stereocenters. The lowest BCUT2D eigenvalue weighted by Crippen LogP contribution is -2.46. The second-order valence-corrected chi connectivity index (χ2v) is 7.91. The Kier molecular flexibility index (Phi) is 7.46. The molecule has 2 amide bonds. The van der Waals surface area contributed by atoms with Crippen LogP contribution in [0.2, 0.25) is 0 Å². The van der Waals surface area contributed by atoms with Crippen molar-refractivity contribution in [3.8, 4) is 0 Å². The first-order valence-corrected chi connectivity index (χ1v) is 10.7. The van der Waals surface area contributed by atoms with Gasteiger partial charge in [-0.05, 0) is 56.3 Å². The number of benzene rings is 2. The van der Waals surface area contributed by atoms with Gasteiger partial charge < -0.3 is 20.4 Å². The van der Waals surface area contributed by atoms with Crippen LogP contribution in [-0.2, 0) is 4.79 Å². The molecular formula is C24H32N4O2. The van der Waals surface area contributed by atoms with Crippen molar-refractivity contribution in [1.29, 1.82) is 0 Å². The van der Waals surface area contributed by atoms with E-state index in [4.69, 9.17) is 0 Å². The molecule has 2 aromatic carbocycles. The fourth-order valence-corrected chi connectivity index (χ4v) is 3.73. The normalized spacial score (nSPS) is 15.5. The van der Waals surface area contributed by atoms with E-state index in [0.29, 0.717) is 5.56 Å². The van der Waals surface area contributed by atoms with Gasteiger partial charge in [-0.1, -0.05) is 25.1 Å². The topological polar surface area (TPSA) is 64.7 Å². The Bertz CT molecular complexity index is 861. The van der Waals surface area contributed by atoms with E-state index in [2.05, 4.69) is 39.5 Å². The lowest BCUT2D eigenvalue weighted by molar-refractivity contribution is -0.116. The second-order valence-electron chi connectivity index (χ2n) is 7.91. The van der Waals surface area contributed by atoms with Crippen LogP contribution in [0.3, 0.4) is 0 Å². The van der Waals surface area contributed by atoms with Crippen molar-refractivity contribution < 1.29 is 9.59 Å². The predicted octanol–water partition coefficient (Wildman–Crippen LogP) is 3.28. The number of carbonyl (C=O) groups is 2. The van der Waals surface area contributed by atoms with Gasteiger partial charge in [-0.25, -0.2) is 0 Å². The zero-order valence-electron chi connectivity index (χ0n) is 18.1. The van der Waals surface area contributed by atoms with Crippen molar-refractivity contribution in [2.45, 2.75) is 33.2 Å². The highest BCUT2D eigenvalue weighted by molar-refractivity contribution is 5.95. The smallest absolute Gasteiger partial charge is 0.251 e. The zero-order chi connectivity index (χ0) is 21.5. The van der Waals surface area contributed by atoms with Gasteiger partial charge in [0.2, 0.25) is 5.91 Å². The molecule has 1 unspecified atom stereocenters. The van der Waals surface area contributed by atoms with Crippen LogP contribution < -0.4 is 15.5 Å². The van der Waals surface area contributed by atoms with Gasteiger partial charge in [-0.3, -0.25) is 9.59 Å². The maximum Gasteiger partial charge on any atom is 0.251 e. The summed E-state index contributed by atoms with van der Waals surface area (Å²) in [5.74, 6) is -0.275. The number of nitrogens with one attached hydrogen (secondary N) is 2. The Morgan fingerprint density at radius 3 is 2.37 bits per heavy atom. The third-order valence-electron chi connectivity index (χ3n) is 5.57. The molecule has 1 aliphatic heterocycles. The van der Waals surface area contributed by atoms with Gasteiger partial charge in [0.05, 0.1) is 0 Å². The third-order valence-corrected chi connectivity index (χ3v) is 5.57. The van der Waals surface area contributed by atoms with Gasteiger partial charge in [-0.2, -0.15) is 0 Å². The average molecular weight is 409 g/mol. The zero-order valence-corrected chi connectivity index (χ0v) is 18.1. The van der Waals surface area contributed by atoms with Gasteiger partial charge in [0.25, 0.3) is 5.91 Å². The fraction of sp³-hybridized carbons (Fsp3) is 0.417. The fourth-order valence-electron chi connectivity index (χ4n) is 3.73. The first kappa shape index (κ1) is 21.8. The van der Waals surface area contributed by atoms with Crippen molar-refractivity contribution >= 4 is 23.2 Å². The number of likely N-dealkylation sites (N-methyl/N-ethyl adjacent to an activating group) is 1. The van der Waals surface area contributed by atoms with Gasteiger partial charge in [-0.15, -0.1) is 0 Å². The number of hydrogen-bond acceptors (Lipinski definition) is 4. The van der Waals surface area contributed by atoms with Crippen LogP contribution in [0.5, 0.6) is 0 Å². The van der Waals surface area contributed by atoms with Crippen molar-refractivity contribution in [2.75, 3.05) is 42.9 Å². The molecule has 6 heteroatoms. The summed E-state index contributed by atoms with van der Waals surface area (Å²) < 4.78 is 0. The lowest BCUT2D eigenvalue weighted by atomic mass is 10.1. The number of piperazine rings is 1. The molecule has 1 heterocycles. The summed E-state index contributed by atoms with van der Waals surface area (Å²) in [6.45, 7) is 11.4. The molecule has 160 valence electrons. The standard InChI is InChI=1S/C24H32N4O2/c1-4-27-12-14-28(15-13-27)21-10-11-22(18(2)16-21)26-23(29)17-19(3)25-24(30)20-8-6-5-7-9-20/h5-11,16,19H,4,12-15,17H2,1-3H3,(H,25,30)(H,26,29). The van der Waals surface area contributed by atoms with E-state index in [-0.39, 0.29) is 24.3 Å². The molecule has 1 saturated heterocycles. The molecule has 6 nitrogen and oxygen atoms in total. The molecule has 0 saturated carbocycles. The van der Waals surface area contributed by atoms with Gasteiger partial charge >= 0.3 is 0 Å². The molecule has 3 rings (SSSR count). The minimum atomic E-state index is -0.257. The molecule has 0 bridgehead atoms. The van der Waals surface area contributed by atoms with Crippen LogP contribution in [0.4, 0.5) is 11.4 Å². The SMILES string of the molecule is CCN1CCN(c2ccc(NC(=O)CC(C)NC(=O)c3ccccc3)c(C)c2)CC1. The monoisotopic (exact) mass is 408 g/mol. The number of carbonyl (C=O) groups excluding carboxylic acids is 2. The Balaban J connectivity index is 1.52. The molecule has 0 radical (unpaired) electrons. The minimum absolute atomic E-state index is 0.108. The van der Waals surface area contributed by atoms with Crippen LogP contribution >= 0.6 is 0 Å². The third kappa shape index (κ3) is 5.83. The minimum Gasteiger partial charge on any atom is -0.369 e. The van der Waals surface area contributed by atoms with Crippen LogP contribution in [0.25, 0.3) is 0 Å². The highest BCUT2D eigenvalue weighted by Gasteiger charge is 2.17. The highest BCUT2D eigenvalue weighted by Crippen LogP contribution is 2.24. The second kappa shape index (κ2) is 10.3. The molecule has 2 aromatic rings. The van der Waals surface area contributed by atoms with Gasteiger partial charge in [0.1, 0.15) is 0 Å².